The van der Waals surface area contributed by atoms with Gasteiger partial charge in [0, 0.05) is 28.7 Å². The van der Waals surface area contributed by atoms with E-state index < -0.39 is 5.41 Å². The van der Waals surface area contributed by atoms with Crippen LogP contribution < -0.4 is 5.32 Å². The number of benzene rings is 2. The van der Waals surface area contributed by atoms with E-state index in [-0.39, 0.29) is 17.9 Å². The summed E-state index contributed by atoms with van der Waals surface area (Å²) in [5.41, 5.74) is 0.458. The first-order valence-corrected chi connectivity index (χ1v) is 10.3. The number of rotatable bonds is 4. The van der Waals surface area contributed by atoms with E-state index in [2.05, 4.69) is 21.2 Å². The molecule has 2 amide bonds. The number of nitrogens with zero attached hydrogens (tertiary/aromatic N) is 1. The lowest BCUT2D eigenvalue weighted by Gasteiger charge is -2.34. The number of ether oxygens (including phenoxy) is 1. The number of halogens is 2. The molecule has 1 saturated heterocycles. The molecule has 0 aliphatic carbocycles. The number of amides is 2. The molecule has 28 heavy (non-hydrogen) atoms. The van der Waals surface area contributed by atoms with Crippen molar-refractivity contribution in [1.29, 1.82) is 0 Å². The fourth-order valence-corrected chi connectivity index (χ4v) is 4.89. The van der Waals surface area contributed by atoms with E-state index in [9.17, 15) is 9.59 Å². The highest BCUT2D eigenvalue weighted by atomic mass is 79.9. The van der Waals surface area contributed by atoms with Gasteiger partial charge in [0.05, 0.1) is 18.3 Å². The molecule has 1 fully saturated rings. The van der Waals surface area contributed by atoms with Gasteiger partial charge in [-0.05, 0) is 52.5 Å². The molecule has 0 radical (unpaired) electrons. The van der Waals surface area contributed by atoms with Crippen molar-refractivity contribution in [3.8, 4) is 0 Å². The summed E-state index contributed by atoms with van der Waals surface area (Å²) in [5.74, 6) is -0.562. The third-order valence-electron chi connectivity index (χ3n) is 5.59. The summed E-state index contributed by atoms with van der Waals surface area (Å²) in [6.45, 7) is 1.06. The van der Waals surface area contributed by atoms with Crippen LogP contribution in [-0.2, 0) is 19.7 Å². The van der Waals surface area contributed by atoms with Gasteiger partial charge in [0.25, 0.3) is 0 Å². The number of carbonyl (C=O) groups is 2. The number of methoxy groups -OCH3 is 1. The molecule has 4 rings (SSSR count). The number of hydrogen-bond acceptors (Lipinski definition) is 3. The Morgan fingerprint density at radius 3 is 2.79 bits per heavy atom. The quantitative estimate of drug-likeness (QED) is 0.698. The first-order chi connectivity index (χ1) is 13.5. The van der Waals surface area contributed by atoms with Crippen LogP contribution in [0.15, 0.2) is 46.9 Å². The summed E-state index contributed by atoms with van der Waals surface area (Å²) >= 11 is 9.58. The number of likely N-dealkylation sites (tertiary alicyclic amines) is 1. The van der Waals surface area contributed by atoms with E-state index in [4.69, 9.17) is 16.3 Å². The number of hydrogen-bond donors (Lipinski definition) is 1. The van der Waals surface area contributed by atoms with Crippen LogP contribution in [0.4, 0.5) is 5.69 Å². The number of anilines is 1. The van der Waals surface area contributed by atoms with Crippen molar-refractivity contribution >= 4 is 45.0 Å². The van der Waals surface area contributed by atoms with Gasteiger partial charge in [-0.1, -0.05) is 35.9 Å². The first kappa shape index (κ1) is 19.4. The second-order valence-electron chi connectivity index (χ2n) is 7.12. The summed E-state index contributed by atoms with van der Waals surface area (Å²) in [6.07, 6.45) is 1.76. The SMILES string of the molecule is COC[C@@H]1CCCN1C(=O)[C@]1(c2ccc(Cl)cc2)C(=O)Nc2c(Br)cccc21. The highest BCUT2D eigenvalue weighted by molar-refractivity contribution is 9.10. The van der Waals surface area contributed by atoms with Crippen LogP contribution in [0.2, 0.25) is 5.02 Å². The van der Waals surface area contributed by atoms with Gasteiger partial charge in [0.1, 0.15) is 0 Å². The topological polar surface area (TPSA) is 58.6 Å². The summed E-state index contributed by atoms with van der Waals surface area (Å²) in [6, 6.07) is 12.5. The molecule has 5 nitrogen and oxygen atoms in total. The third kappa shape index (κ3) is 2.86. The second-order valence-corrected chi connectivity index (χ2v) is 8.41. The summed E-state index contributed by atoms with van der Waals surface area (Å²) in [5, 5.41) is 3.48. The maximum absolute atomic E-state index is 14.0. The average Bonchev–Trinajstić information content (AvgIpc) is 3.26. The van der Waals surface area contributed by atoms with Gasteiger partial charge in [-0.3, -0.25) is 9.59 Å². The Bertz CT molecular complexity index is 934. The van der Waals surface area contributed by atoms with Crippen LogP contribution in [0, 0.1) is 0 Å². The molecule has 0 aromatic heterocycles. The van der Waals surface area contributed by atoms with Crippen molar-refractivity contribution in [2.45, 2.75) is 24.3 Å². The highest BCUT2D eigenvalue weighted by Gasteiger charge is 2.57. The average molecular weight is 464 g/mol. The number of fused-ring (bicyclic) bond motifs is 1. The molecule has 0 unspecified atom stereocenters. The Kier molecular flexibility index (Phi) is 5.21. The van der Waals surface area contributed by atoms with E-state index >= 15 is 0 Å². The van der Waals surface area contributed by atoms with E-state index in [0.29, 0.717) is 35.0 Å². The lowest BCUT2D eigenvalue weighted by atomic mass is 9.74. The molecule has 2 aliphatic heterocycles. The molecule has 2 atom stereocenters. The molecular weight excluding hydrogens is 444 g/mol. The monoisotopic (exact) mass is 462 g/mol. The van der Waals surface area contributed by atoms with Crippen molar-refractivity contribution in [1.82, 2.24) is 4.90 Å². The smallest absolute Gasteiger partial charge is 0.249 e. The molecule has 0 bridgehead atoms. The van der Waals surface area contributed by atoms with Gasteiger partial charge in [-0.2, -0.15) is 0 Å². The number of nitrogens with one attached hydrogen (secondary N) is 1. The predicted molar refractivity (Wildman–Crippen MR) is 112 cm³/mol. The predicted octanol–water partition coefficient (Wildman–Crippen LogP) is 3.98. The zero-order valence-corrected chi connectivity index (χ0v) is 17.7. The van der Waals surface area contributed by atoms with E-state index in [0.717, 1.165) is 17.3 Å². The normalized spacial score (nSPS) is 23.6. The first-order valence-electron chi connectivity index (χ1n) is 9.16. The standard InChI is InChI=1S/C21H20BrClN2O3/c1-28-12-15-4-3-11-25(15)20(27)21(13-7-9-14(23)10-8-13)16-5-2-6-17(22)18(16)24-19(21)26/h2,5-10,15H,3-4,11-12H2,1H3,(H,24,26)/t15-,21-/m0/s1. The van der Waals surface area contributed by atoms with Crippen LogP contribution in [0.1, 0.15) is 24.0 Å². The maximum atomic E-state index is 14.0. The minimum Gasteiger partial charge on any atom is -0.383 e. The Morgan fingerprint density at radius 1 is 1.32 bits per heavy atom. The molecule has 0 saturated carbocycles. The third-order valence-corrected chi connectivity index (χ3v) is 6.50. The van der Waals surface area contributed by atoms with Crippen LogP contribution >= 0.6 is 27.5 Å². The Morgan fingerprint density at radius 2 is 2.07 bits per heavy atom. The fourth-order valence-electron chi connectivity index (χ4n) is 4.30. The van der Waals surface area contributed by atoms with Crippen molar-refractivity contribution in [2.75, 3.05) is 25.6 Å². The van der Waals surface area contributed by atoms with Crippen molar-refractivity contribution in [3.05, 3.63) is 63.1 Å². The molecule has 7 heteroatoms. The molecule has 0 spiro atoms. The lowest BCUT2D eigenvalue weighted by Crippen LogP contribution is -2.53. The summed E-state index contributed by atoms with van der Waals surface area (Å²) < 4.78 is 6.07. The van der Waals surface area contributed by atoms with Crippen LogP contribution in [0.25, 0.3) is 0 Å². The lowest BCUT2D eigenvalue weighted by molar-refractivity contribution is -0.141. The van der Waals surface area contributed by atoms with Gasteiger partial charge >= 0.3 is 0 Å². The van der Waals surface area contributed by atoms with Crippen molar-refractivity contribution in [2.24, 2.45) is 0 Å². The van der Waals surface area contributed by atoms with Crippen molar-refractivity contribution in [3.63, 3.8) is 0 Å². The zero-order chi connectivity index (χ0) is 19.9. The van der Waals surface area contributed by atoms with Crippen molar-refractivity contribution < 1.29 is 14.3 Å². The Labute approximate surface area is 177 Å². The van der Waals surface area contributed by atoms with Crippen LogP contribution in [-0.4, -0.2) is 43.0 Å². The van der Waals surface area contributed by atoms with Crippen LogP contribution in [0.5, 0.6) is 0 Å². The second kappa shape index (κ2) is 7.50. The van der Waals surface area contributed by atoms with Gasteiger partial charge in [0.15, 0.2) is 5.41 Å². The number of carbonyl (C=O) groups excluding carboxylic acids is 2. The summed E-state index contributed by atoms with van der Waals surface area (Å²) in [7, 11) is 1.63. The molecular formula is C21H20BrClN2O3. The number of para-hydroxylation sites is 1. The fraction of sp³-hybridized carbons (Fsp3) is 0.333. The molecule has 2 aromatic rings. The van der Waals surface area contributed by atoms with E-state index in [1.165, 1.54) is 0 Å². The minimum absolute atomic E-state index is 0.0364. The molecule has 146 valence electrons. The zero-order valence-electron chi connectivity index (χ0n) is 15.4. The summed E-state index contributed by atoms with van der Waals surface area (Å²) in [4.78, 5) is 29.2. The van der Waals surface area contributed by atoms with Gasteiger partial charge in [-0.15, -0.1) is 0 Å². The largest absolute Gasteiger partial charge is 0.383 e. The van der Waals surface area contributed by atoms with Gasteiger partial charge in [-0.25, -0.2) is 0 Å². The molecule has 1 N–H and O–H groups in total. The molecule has 2 heterocycles. The highest BCUT2D eigenvalue weighted by Crippen LogP contribution is 2.47. The van der Waals surface area contributed by atoms with E-state index in [1.54, 1.807) is 36.3 Å². The van der Waals surface area contributed by atoms with Gasteiger partial charge in [0.2, 0.25) is 11.8 Å². The Hall–Kier alpha value is -1.89. The maximum Gasteiger partial charge on any atom is 0.249 e. The van der Waals surface area contributed by atoms with Gasteiger partial charge < -0.3 is 15.0 Å². The molecule has 2 aliphatic rings. The molecule has 2 aromatic carbocycles. The Balaban J connectivity index is 1.92. The minimum atomic E-state index is -1.44. The van der Waals surface area contributed by atoms with E-state index in [1.807, 2.05) is 18.2 Å². The van der Waals surface area contributed by atoms with Crippen LogP contribution in [0.3, 0.4) is 0 Å².